The number of amides is 1. The van der Waals surface area contributed by atoms with Gasteiger partial charge in [-0.05, 0) is 67.1 Å². The van der Waals surface area contributed by atoms with Crippen LogP contribution in [0.2, 0.25) is 5.02 Å². The number of ether oxygens (including phenoxy) is 3. The third kappa shape index (κ3) is 7.18. The second kappa shape index (κ2) is 13.8. The number of alkyl halides is 3. The molecule has 2 aromatic carbocycles. The van der Waals surface area contributed by atoms with E-state index in [-0.39, 0.29) is 31.4 Å². The summed E-state index contributed by atoms with van der Waals surface area (Å²) in [4.78, 5) is 13.9. The summed E-state index contributed by atoms with van der Waals surface area (Å²) in [5.74, 6) is 0.229. The number of halogens is 5. The third-order valence-electron chi connectivity index (χ3n) is 7.29. The van der Waals surface area contributed by atoms with Crippen LogP contribution in [0, 0.1) is 5.82 Å². The Morgan fingerprint density at radius 1 is 1.10 bits per heavy atom. The molecule has 1 atom stereocenters. The minimum absolute atomic E-state index is 0.0751. The van der Waals surface area contributed by atoms with E-state index < -0.39 is 25.0 Å². The highest BCUT2D eigenvalue weighted by atomic mass is 35.5. The van der Waals surface area contributed by atoms with E-state index in [0.29, 0.717) is 47.7 Å². The van der Waals surface area contributed by atoms with Gasteiger partial charge >= 0.3 is 12.3 Å². The normalized spacial score (nSPS) is 15.7. The first-order chi connectivity index (χ1) is 20.1. The maximum absolute atomic E-state index is 13.7. The third-order valence-corrected chi connectivity index (χ3v) is 7.70. The Morgan fingerprint density at radius 2 is 1.79 bits per heavy atom. The molecule has 12 heteroatoms. The van der Waals surface area contributed by atoms with Crippen molar-refractivity contribution in [1.29, 1.82) is 0 Å². The van der Waals surface area contributed by atoms with Crippen LogP contribution in [0.1, 0.15) is 55.1 Å². The van der Waals surface area contributed by atoms with E-state index in [2.05, 4.69) is 0 Å². The number of carbonyl (C=O) groups is 1. The Morgan fingerprint density at radius 3 is 2.43 bits per heavy atom. The van der Waals surface area contributed by atoms with Crippen LogP contribution in [-0.2, 0) is 28.9 Å². The van der Waals surface area contributed by atoms with Crippen molar-refractivity contribution in [2.24, 2.45) is 0 Å². The van der Waals surface area contributed by atoms with Gasteiger partial charge in [-0.15, -0.1) is 0 Å². The number of rotatable bonds is 7. The van der Waals surface area contributed by atoms with Gasteiger partial charge in [-0.3, -0.25) is 0 Å². The van der Waals surface area contributed by atoms with Gasteiger partial charge < -0.3 is 19.1 Å². The van der Waals surface area contributed by atoms with Crippen LogP contribution in [0.3, 0.4) is 0 Å². The van der Waals surface area contributed by atoms with E-state index in [9.17, 15) is 22.4 Å². The van der Waals surface area contributed by atoms with Crippen LogP contribution < -0.4 is 4.74 Å². The van der Waals surface area contributed by atoms with Crippen LogP contribution in [0.4, 0.5) is 22.4 Å². The topological polar surface area (TPSA) is 65.8 Å². The smallest absolute Gasteiger partial charge is 0.427 e. The van der Waals surface area contributed by atoms with Gasteiger partial charge in [0.25, 0.3) is 0 Å². The molecule has 0 N–H and O–H groups in total. The molecule has 0 saturated carbocycles. The molecule has 1 amide bonds. The first-order valence-corrected chi connectivity index (χ1v) is 14.3. The van der Waals surface area contributed by atoms with E-state index in [1.807, 2.05) is 13.8 Å². The quantitative estimate of drug-likeness (QED) is 0.263. The molecule has 1 aromatic heterocycles. The largest absolute Gasteiger partial charge is 0.497 e. The molecule has 2 aliphatic heterocycles. The summed E-state index contributed by atoms with van der Waals surface area (Å²) in [7, 11) is 1.51. The van der Waals surface area contributed by atoms with Gasteiger partial charge in [0.2, 0.25) is 6.10 Å². The monoisotopic (exact) mass is 611 g/mol. The van der Waals surface area contributed by atoms with Gasteiger partial charge in [-0.25, -0.2) is 13.9 Å². The van der Waals surface area contributed by atoms with Crippen LogP contribution in [0.25, 0.3) is 5.69 Å². The van der Waals surface area contributed by atoms with Gasteiger partial charge in [0.05, 0.1) is 42.4 Å². The summed E-state index contributed by atoms with van der Waals surface area (Å²) < 4.78 is 71.4. The predicted molar refractivity (Wildman–Crippen MR) is 150 cm³/mol. The molecule has 3 heterocycles. The highest BCUT2D eigenvalue weighted by Gasteiger charge is 2.44. The fourth-order valence-corrected chi connectivity index (χ4v) is 5.44. The molecule has 0 bridgehead atoms. The second-order valence-electron chi connectivity index (χ2n) is 9.87. The average Bonchev–Trinajstić information content (AvgIpc) is 3.33. The fourth-order valence-electron chi connectivity index (χ4n) is 5.08. The SMILES string of the molecule is CC.COc1ccc(COCC(OC(=O)N2CCC(c3nn4c(c3Cl)CCc3cc(F)ccc3-4)CC2)C(F)(F)F)cc1. The lowest BCUT2D eigenvalue weighted by atomic mass is 9.93. The Balaban J connectivity index is 0.00000198. The molecule has 5 rings (SSSR count). The molecule has 7 nitrogen and oxygen atoms in total. The van der Waals surface area contributed by atoms with Crippen molar-refractivity contribution in [3.8, 4) is 11.4 Å². The number of carbonyl (C=O) groups excluding carboxylic acids is 1. The molecule has 228 valence electrons. The van der Waals surface area contributed by atoms with Crippen molar-refractivity contribution in [3.63, 3.8) is 0 Å². The summed E-state index contributed by atoms with van der Waals surface area (Å²) in [6, 6.07) is 11.3. The molecule has 42 heavy (non-hydrogen) atoms. The van der Waals surface area contributed by atoms with Crippen molar-refractivity contribution in [2.45, 2.75) is 64.3 Å². The Bertz CT molecular complexity index is 1360. The standard InChI is InChI=1S/C28H28ClF4N3O4.C2H6/c1-38-21-6-2-17(3-7-21)15-39-16-24(28(31,32)33)40-27(37)35-12-10-18(11-13-35)26-25(29)23-8-4-19-14-20(30)5-9-22(19)36(23)34-26;1-2/h2-3,5-7,9,14,18,24H,4,8,10-13,15-16H2,1H3;1-2H3. The van der Waals surface area contributed by atoms with E-state index in [1.54, 1.807) is 35.0 Å². The number of aromatic nitrogens is 2. The highest BCUT2D eigenvalue weighted by Crippen LogP contribution is 2.38. The van der Waals surface area contributed by atoms with Crippen molar-refractivity contribution >= 4 is 17.7 Å². The lowest BCUT2D eigenvalue weighted by Crippen LogP contribution is -2.44. The first-order valence-electron chi connectivity index (χ1n) is 13.9. The molecule has 2 aliphatic rings. The van der Waals surface area contributed by atoms with Crippen molar-refractivity contribution in [1.82, 2.24) is 14.7 Å². The molecule has 0 spiro atoms. The second-order valence-corrected chi connectivity index (χ2v) is 10.2. The average molecular weight is 612 g/mol. The first kappa shape index (κ1) is 31.6. The molecule has 1 fully saturated rings. The van der Waals surface area contributed by atoms with Crippen LogP contribution in [-0.4, -0.2) is 59.9 Å². The number of aryl methyl sites for hydroxylation is 1. The number of benzene rings is 2. The number of fused-ring (bicyclic) bond motifs is 3. The van der Waals surface area contributed by atoms with Gasteiger partial charge in [0.15, 0.2) is 0 Å². The number of hydrogen-bond acceptors (Lipinski definition) is 5. The van der Waals surface area contributed by atoms with Crippen molar-refractivity contribution < 1.29 is 36.6 Å². The number of likely N-dealkylation sites (tertiary alicyclic amines) is 1. The molecule has 0 aliphatic carbocycles. The minimum Gasteiger partial charge on any atom is -0.497 e. The number of hydrogen-bond donors (Lipinski definition) is 0. The van der Waals surface area contributed by atoms with Crippen LogP contribution in [0.5, 0.6) is 5.75 Å². The molecule has 1 unspecified atom stereocenters. The Labute approximate surface area is 247 Å². The Kier molecular flexibility index (Phi) is 10.4. The summed E-state index contributed by atoms with van der Waals surface area (Å²) in [6.07, 6.45) is -6.02. The summed E-state index contributed by atoms with van der Waals surface area (Å²) >= 11 is 6.69. The van der Waals surface area contributed by atoms with Crippen LogP contribution in [0.15, 0.2) is 42.5 Å². The van der Waals surface area contributed by atoms with Crippen molar-refractivity contribution in [3.05, 3.63) is 75.8 Å². The number of methoxy groups -OCH3 is 1. The molecule has 0 radical (unpaired) electrons. The number of piperidine rings is 1. The zero-order chi connectivity index (χ0) is 30.4. The van der Waals surface area contributed by atoms with E-state index in [1.165, 1.54) is 24.1 Å². The minimum atomic E-state index is -4.78. The highest BCUT2D eigenvalue weighted by molar-refractivity contribution is 6.32. The maximum atomic E-state index is 13.7. The fraction of sp³-hybridized carbons (Fsp3) is 0.467. The van der Waals surface area contributed by atoms with Crippen molar-refractivity contribution in [2.75, 3.05) is 26.8 Å². The zero-order valence-corrected chi connectivity index (χ0v) is 24.5. The maximum Gasteiger partial charge on any atom is 0.427 e. The molecular formula is C30H34ClF4N3O4. The van der Waals surface area contributed by atoms with E-state index in [4.69, 9.17) is 30.9 Å². The van der Waals surface area contributed by atoms with Crippen LogP contribution >= 0.6 is 11.6 Å². The summed E-state index contributed by atoms with van der Waals surface area (Å²) in [5, 5.41) is 5.26. The summed E-state index contributed by atoms with van der Waals surface area (Å²) in [6.45, 7) is 3.50. The van der Waals surface area contributed by atoms with Gasteiger partial charge in [0.1, 0.15) is 11.6 Å². The lowest BCUT2D eigenvalue weighted by Gasteiger charge is -2.32. The molecular weight excluding hydrogens is 578 g/mol. The summed E-state index contributed by atoms with van der Waals surface area (Å²) in [5.41, 5.74) is 3.82. The van der Waals surface area contributed by atoms with E-state index >= 15 is 0 Å². The lowest BCUT2D eigenvalue weighted by molar-refractivity contribution is -0.220. The molecule has 1 saturated heterocycles. The number of nitrogens with zero attached hydrogens (tertiary/aromatic N) is 3. The predicted octanol–water partition coefficient (Wildman–Crippen LogP) is 7.26. The molecule has 3 aromatic rings. The zero-order valence-electron chi connectivity index (χ0n) is 23.7. The van der Waals surface area contributed by atoms with E-state index in [0.717, 1.165) is 16.9 Å². The van der Waals surface area contributed by atoms with Gasteiger partial charge in [-0.2, -0.15) is 18.3 Å². The van der Waals surface area contributed by atoms with Gasteiger partial charge in [-0.1, -0.05) is 37.6 Å². The van der Waals surface area contributed by atoms with Gasteiger partial charge in [0, 0.05) is 19.0 Å². The Hall–Kier alpha value is -3.31.